The number of fused-ring (bicyclic) bond motifs is 1. The summed E-state index contributed by atoms with van der Waals surface area (Å²) < 4.78 is 51.4. The molecule has 43 heavy (non-hydrogen) atoms. The van der Waals surface area contributed by atoms with Gasteiger partial charge in [0.25, 0.3) is 12.0 Å². The zero-order valence-corrected chi connectivity index (χ0v) is 25.4. The molecule has 0 saturated carbocycles. The summed E-state index contributed by atoms with van der Waals surface area (Å²) in [6.45, 7) is 10.4. The molecule has 3 aromatic carbocycles. The van der Waals surface area contributed by atoms with Crippen molar-refractivity contribution < 1.29 is 32.2 Å². The number of esters is 1. The molecule has 0 saturated heterocycles. The number of aromatic nitrogens is 1. The van der Waals surface area contributed by atoms with Crippen LogP contribution in [-0.4, -0.2) is 35.8 Å². The smallest absolute Gasteiger partial charge is 0.436 e. The maximum Gasteiger partial charge on any atom is 0.436 e. The van der Waals surface area contributed by atoms with Gasteiger partial charge in [0.05, 0.1) is 13.2 Å². The Kier molecular flexibility index (Phi) is 8.94. The molecule has 4 rings (SSSR count). The van der Waals surface area contributed by atoms with Crippen LogP contribution in [0.5, 0.6) is 5.75 Å². The Morgan fingerprint density at radius 2 is 1.67 bits per heavy atom. The summed E-state index contributed by atoms with van der Waals surface area (Å²) in [5, 5.41) is 4.03. The van der Waals surface area contributed by atoms with Gasteiger partial charge in [0.2, 0.25) is 0 Å². The van der Waals surface area contributed by atoms with Gasteiger partial charge < -0.3 is 19.4 Å². The Balaban J connectivity index is 1.56. The first-order valence-electron chi connectivity index (χ1n) is 14.0. The van der Waals surface area contributed by atoms with Gasteiger partial charge in [-0.1, -0.05) is 63.2 Å². The molecule has 1 N–H and O–H groups in total. The number of benzene rings is 3. The molecule has 0 bridgehead atoms. The van der Waals surface area contributed by atoms with Crippen LogP contribution >= 0.6 is 0 Å². The summed E-state index contributed by atoms with van der Waals surface area (Å²) in [6, 6.07) is 19.8. The summed E-state index contributed by atoms with van der Waals surface area (Å²) in [5.41, 5.74) is 6.22. The maximum absolute atomic E-state index is 13.4. The lowest BCUT2D eigenvalue weighted by molar-refractivity contribution is -0.209. The minimum Gasteiger partial charge on any atom is -0.469 e. The van der Waals surface area contributed by atoms with E-state index >= 15 is 0 Å². The number of carbonyl (C=O) groups excluding carboxylic acids is 2. The fraction of sp³-hybridized carbons (Fsp3) is 0.353. The van der Waals surface area contributed by atoms with Crippen molar-refractivity contribution in [3.8, 4) is 5.75 Å². The molecular formula is C34H37F3N2O4. The predicted molar refractivity (Wildman–Crippen MR) is 160 cm³/mol. The number of methoxy groups -OCH3 is 1. The molecule has 4 aromatic rings. The first kappa shape index (κ1) is 31.7. The van der Waals surface area contributed by atoms with Gasteiger partial charge in [0.15, 0.2) is 0 Å². The van der Waals surface area contributed by atoms with Crippen LogP contribution in [0.25, 0.3) is 10.9 Å². The number of alkyl halides is 3. The summed E-state index contributed by atoms with van der Waals surface area (Å²) in [5.74, 6) is -1.80. The fourth-order valence-corrected chi connectivity index (χ4v) is 5.07. The first-order valence-corrected chi connectivity index (χ1v) is 14.0. The molecule has 1 heterocycles. The van der Waals surface area contributed by atoms with Crippen LogP contribution in [0.3, 0.4) is 0 Å². The largest absolute Gasteiger partial charge is 0.469 e. The van der Waals surface area contributed by atoms with Gasteiger partial charge >= 0.3 is 12.1 Å². The Hall–Kier alpha value is -4.27. The molecule has 9 heteroatoms. The van der Waals surface area contributed by atoms with Crippen molar-refractivity contribution in [1.82, 2.24) is 9.88 Å². The SMILES string of the molecule is COC(=O)C(Oc1cccc(Cc2c(C)n(C)c3cc(C(=O)N[C@@H](C)c4cccc(C(C)(C)C)c4)ccc23)c1)C(F)(F)F. The fourth-order valence-electron chi connectivity index (χ4n) is 5.07. The van der Waals surface area contributed by atoms with Crippen molar-refractivity contribution in [2.24, 2.45) is 7.05 Å². The molecule has 0 aliphatic heterocycles. The number of rotatable bonds is 8. The number of ether oxygens (including phenoxy) is 2. The minimum atomic E-state index is -4.92. The van der Waals surface area contributed by atoms with E-state index in [1.807, 2.05) is 49.7 Å². The topological polar surface area (TPSA) is 69.6 Å². The van der Waals surface area contributed by atoms with E-state index < -0.39 is 18.2 Å². The second kappa shape index (κ2) is 12.1. The monoisotopic (exact) mass is 594 g/mol. The van der Waals surface area contributed by atoms with E-state index in [4.69, 9.17) is 4.74 Å². The summed E-state index contributed by atoms with van der Waals surface area (Å²) in [7, 11) is 2.79. The van der Waals surface area contributed by atoms with E-state index in [2.05, 4.69) is 43.0 Å². The number of amides is 1. The molecule has 228 valence electrons. The van der Waals surface area contributed by atoms with Gasteiger partial charge in [-0.05, 0) is 72.2 Å². The lowest BCUT2D eigenvalue weighted by atomic mass is 9.85. The first-order chi connectivity index (χ1) is 20.1. The highest BCUT2D eigenvalue weighted by Gasteiger charge is 2.48. The van der Waals surface area contributed by atoms with E-state index in [-0.39, 0.29) is 23.1 Å². The molecular weight excluding hydrogens is 557 g/mol. The third kappa shape index (κ3) is 7.04. The number of aryl methyl sites for hydroxylation is 1. The second-order valence-corrected chi connectivity index (χ2v) is 11.8. The summed E-state index contributed by atoms with van der Waals surface area (Å²) >= 11 is 0. The van der Waals surface area contributed by atoms with Gasteiger partial charge in [0, 0.05) is 29.2 Å². The average Bonchev–Trinajstić information content (AvgIpc) is 3.19. The van der Waals surface area contributed by atoms with Crippen LogP contribution < -0.4 is 10.1 Å². The highest BCUT2D eigenvalue weighted by molar-refractivity contribution is 5.99. The Bertz CT molecular complexity index is 1650. The van der Waals surface area contributed by atoms with E-state index in [1.165, 1.54) is 17.7 Å². The highest BCUT2D eigenvalue weighted by Crippen LogP contribution is 2.31. The zero-order chi connectivity index (χ0) is 31.7. The van der Waals surface area contributed by atoms with E-state index in [1.54, 1.807) is 18.2 Å². The van der Waals surface area contributed by atoms with Gasteiger partial charge in [-0.15, -0.1) is 0 Å². The number of nitrogens with one attached hydrogen (secondary N) is 1. The number of halogens is 3. The van der Waals surface area contributed by atoms with E-state index in [9.17, 15) is 22.8 Å². The molecule has 1 amide bonds. The molecule has 0 fully saturated rings. The van der Waals surface area contributed by atoms with Crippen molar-refractivity contribution in [3.63, 3.8) is 0 Å². The second-order valence-electron chi connectivity index (χ2n) is 11.8. The van der Waals surface area contributed by atoms with Crippen LogP contribution in [0.1, 0.15) is 72.0 Å². The van der Waals surface area contributed by atoms with Crippen molar-refractivity contribution in [1.29, 1.82) is 0 Å². The van der Waals surface area contributed by atoms with E-state index in [0.717, 1.165) is 34.8 Å². The van der Waals surface area contributed by atoms with Crippen LogP contribution in [0, 0.1) is 6.92 Å². The molecule has 6 nitrogen and oxygen atoms in total. The van der Waals surface area contributed by atoms with Crippen LogP contribution in [0.15, 0.2) is 66.7 Å². The predicted octanol–water partition coefficient (Wildman–Crippen LogP) is 7.35. The van der Waals surface area contributed by atoms with Crippen LogP contribution in [0.2, 0.25) is 0 Å². The summed E-state index contributed by atoms with van der Waals surface area (Å²) in [6.07, 6.45) is -7.24. The Morgan fingerprint density at radius 1 is 0.977 bits per heavy atom. The van der Waals surface area contributed by atoms with Crippen LogP contribution in [-0.2, 0) is 28.4 Å². The number of hydrogen-bond donors (Lipinski definition) is 1. The number of nitrogens with zero attached hydrogens (tertiary/aromatic N) is 1. The maximum atomic E-state index is 13.4. The molecule has 2 atom stereocenters. The molecule has 0 aliphatic rings. The Labute approximate surface area is 249 Å². The van der Waals surface area contributed by atoms with Gasteiger partial charge in [-0.2, -0.15) is 13.2 Å². The third-order valence-electron chi connectivity index (χ3n) is 7.73. The van der Waals surface area contributed by atoms with Crippen molar-refractivity contribution >= 4 is 22.8 Å². The Morgan fingerprint density at radius 3 is 2.33 bits per heavy atom. The van der Waals surface area contributed by atoms with Crippen LogP contribution in [0.4, 0.5) is 13.2 Å². The van der Waals surface area contributed by atoms with Crippen molar-refractivity contribution in [2.45, 2.75) is 64.8 Å². The number of carbonyl (C=O) groups is 2. The highest BCUT2D eigenvalue weighted by atomic mass is 19.4. The number of hydrogen-bond acceptors (Lipinski definition) is 4. The van der Waals surface area contributed by atoms with Gasteiger partial charge in [0.1, 0.15) is 5.75 Å². The minimum absolute atomic E-state index is 0.00420. The standard InChI is InChI=1S/C34H37F3N2O4/c1-20(23-11-9-12-25(18-23)33(3,4)5)38-31(40)24-14-15-27-28(21(2)39(6)29(27)19-24)17-22-10-8-13-26(16-22)43-30(32(41)42-7)34(35,36)37/h8-16,18-20,30H,17H2,1-7H3,(H,38,40)/t20-,30?/m0/s1. The van der Waals surface area contributed by atoms with E-state index in [0.29, 0.717) is 17.5 Å². The molecule has 0 radical (unpaired) electrons. The summed E-state index contributed by atoms with van der Waals surface area (Å²) in [4.78, 5) is 25.0. The lowest BCUT2D eigenvalue weighted by Crippen LogP contribution is -2.42. The average molecular weight is 595 g/mol. The normalized spacial score (nSPS) is 13.4. The van der Waals surface area contributed by atoms with Gasteiger partial charge in [-0.3, -0.25) is 4.79 Å². The zero-order valence-electron chi connectivity index (χ0n) is 25.4. The van der Waals surface area contributed by atoms with Crippen molar-refractivity contribution in [3.05, 3.63) is 100 Å². The van der Waals surface area contributed by atoms with Crippen molar-refractivity contribution in [2.75, 3.05) is 7.11 Å². The molecule has 0 spiro atoms. The molecule has 1 unspecified atom stereocenters. The lowest BCUT2D eigenvalue weighted by Gasteiger charge is -2.22. The van der Waals surface area contributed by atoms with Gasteiger partial charge in [-0.25, -0.2) is 4.79 Å². The molecule has 0 aliphatic carbocycles. The quantitative estimate of drug-likeness (QED) is 0.217. The molecule has 1 aromatic heterocycles. The third-order valence-corrected chi connectivity index (χ3v) is 7.73.